The average Bonchev–Trinajstić information content (AvgIpc) is 2.47. The van der Waals surface area contributed by atoms with Crippen LogP contribution in [0.2, 0.25) is 0 Å². The van der Waals surface area contributed by atoms with Crippen LogP contribution in [0.1, 0.15) is 0 Å². The number of hydrogen-bond acceptors (Lipinski definition) is 5. The fraction of sp³-hybridized carbons (Fsp3) is 0.143. The zero-order valence-electron chi connectivity index (χ0n) is 6.99. The molecule has 2 rings (SSSR count). The first-order chi connectivity index (χ1) is 6.56. The highest BCUT2D eigenvalue weighted by Crippen LogP contribution is 2.09. The first-order valence-corrected chi connectivity index (χ1v) is 5.36. The lowest BCUT2D eigenvalue weighted by Gasteiger charge is -2.06. The molecule has 2 aromatic rings. The van der Waals surface area contributed by atoms with E-state index in [0.29, 0.717) is 11.0 Å². The minimum Gasteiger partial charge on any atom is -0.747 e. The minimum absolute atomic E-state index is 0.534. The lowest BCUT2D eigenvalue weighted by molar-refractivity contribution is 0.448. The van der Waals surface area contributed by atoms with Gasteiger partial charge in [-0.15, -0.1) is 5.10 Å². The number of hydrogen-bond donors (Lipinski definition) is 0. The number of benzene rings is 1. The molecule has 1 aromatic carbocycles. The highest BCUT2D eigenvalue weighted by molar-refractivity contribution is 7.84. The Balaban J connectivity index is 2.54. The molecule has 0 atom stereocenters. The van der Waals surface area contributed by atoms with Gasteiger partial charge in [0, 0.05) is 0 Å². The van der Waals surface area contributed by atoms with Crippen molar-refractivity contribution in [3.63, 3.8) is 0 Å². The van der Waals surface area contributed by atoms with Crippen LogP contribution in [0.25, 0.3) is 11.0 Å². The lowest BCUT2D eigenvalue weighted by atomic mass is 10.3. The Kier molecular flexibility index (Phi) is 1.97. The maximum Gasteiger partial charge on any atom is 0.133 e. The van der Waals surface area contributed by atoms with Crippen LogP contribution in [0, 0.1) is 0 Å². The monoisotopic (exact) mass is 212 g/mol. The third kappa shape index (κ3) is 1.73. The zero-order chi connectivity index (χ0) is 10.2. The van der Waals surface area contributed by atoms with E-state index < -0.39 is 16.0 Å². The molecule has 6 nitrogen and oxygen atoms in total. The van der Waals surface area contributed by atoms with Crippen molar-refractivity contribution in [1.29, 1.82) is 0 Å². The van der Waals surface area contributed by atoms with Gasteiger partial charge in [0.1, 0.15) is 21.5 Å². The highest BCUT2D eigenvalue weighted by Gasteiger charge is 2.05. The summed E-state index contributed by atoms with van der Waals surface area (Å²) in [7, 11) is -4.33. The van der Waals surface area contributed by atoms with Gasteiger partial charge in [-0.25, -0.2) is 13.1 Å². The van der Waals surface area contributed by atoms with Crippen LogP contribution in [-0.4, -0.2) is 28.0 Å². The van der Waals surface area contributed by atoms with Crippen molar-refractivity contribution in [2.75, 3.05) is 0 Å². The molecule has 0 radical (unpaired) electrons. The molecule has 0 amide bonds. The summed E-state index contributed by atoms with van der Waals surface area (Å²) in [6, 6.07) is 6.82. The van der Waals surface area contributed by atoms with Crippen LogP contribution in [-0.2, 0) is 16.0 Å². The Morgan fingerprint density at radius 1 is 1.36 bits per heavy atom. The quantitative estimate of drug-likeness (QED) is 0.650. The maximum absolute atomic E-state index is 10.5. The number of fused-ring (bicyclic) bond motifs is 1. The van der Waals surface area contributed by atoms with E-state index in [1.54, 1.807) is 24.3 Å². The number of aromatic nitrogens is 3. The fourth-order valence-corrected chi connectivity index (χ4v) is 1.65. The molecule has 1 aromatic heterocycles. The van der Waals surface area contributed by atoms with Crippen molar-refractivity contribution in [3.8, 4) is 0 Å². The van der Waals surface area contributed by atoms with Crippen molar-refractivity contribution < 1.29 is 13.0 Å². The van der Waals surface area contributed by atoms with Crippen molar-refractivity contribution in [2.24, 2.45) is 0 Å². The standard InChI is InChI=1S/C7H7N3O3S/c11-14(12,13)5-10-7-4-2-1-3-6(7)8-9-10/h1-4H,5H2,(H,11,12,13)/p-1. The molecule has 1 heterocycles. The van der Waals surface area contributed by atoms with Crippen molar-refractivity contribution in [3.05, 3.63) is 24.3 Å². The van der Waals surface area contributed by atoms with Gasteiger partial charge in [-0.3, -0.25) is 0 Å². The zero-order valence-corrected chi connectivity index (χ0v) is 7.81. The van der Waals surface area contributed by atoms with E-state index in [2.05, 4.69) is 10.3 Å². The Bertz CT molecular complexity index is 560. The molecule has 0 aliphatic heterocycles. The normalized spacial score (nSPS) is 12.1. The van der Waals surface area contributed by atoms with Gasteiger partial charge >= 0.3 is 0 Å². The van der Waals surface area contributed by atoms with Gasteiger partial charge in [-0.1, -0.05) is 17.3 Å². The maximum atomic E-state index is 10.5. The Hall–Kier alpha value is -1.47. The van der Waals surface area contributed by atoms with Crippen LogP contribution in [0.15, 0.2) is 24.3 Å². The van der Waals surface area contributed by atoms with Gasteiger partial charge in [-0.2, -0.15) is 0 Å². The molecule has 0 bridgehead atoms. The largest absolute Gasteiger partial charge is 0.747 e. The molecule has 7 heteroatoms. The van der Waals surface area contributed by atoms with Gasteiger partial charge < -0.3 is 4.55 Å². The summed E-state index contributed by atoms with van der Waals surface area (Å²) < 4.78 is 32.6. The van der Waals surface area contributed by atoms with E-state index in [0.717, 1.165) is 4.68 Å². The van der Waals surface area contributed by atoms with E-state index in [1.165, 1.54) is 0 Å². The molecule has 0 saturated carbocycles. The topological polar surface area (TPSA) is 87.9 Å². The molecular weight excluding hydrogens is 206 g/mol. The summed E-state index contributed by atoms with van der Waals surface area (Å²) in [5, 5.41) is 7.28. The van der Waals surface area contributed by atoms with Crippen molar-refractivity contribution in [2.45, 2.75) is 5.88 Å². The third-order valence-electron chi connectivity index (χ3n) is 1.70. The molecule has 0 spiro atoms. The van der Waals surface area contributed by atoms with Crippen molar-refractivity contribution in [1.82, 2.24) is 15.0 Å². The van der Waals surface area contributed by atoms with Crippen LogP contribution < -0.4 is 0 Å². The first-order valence-electron chi connectivity index (χ1n) is 3.78. The fourth-order valence-electron chi connectivity index (χ4n) is 1.16. The molecule has 74 valence electrons. The van der Waals surface area contributed by atoms with Crippen molar-refractivity contribution >= 4 is 21.2 Å². The van der Waals surface area contributed by atoms with E-state index in [1.807, 2.05) is 0 Å². The summed E-state index contributed by atoms with van der Waals surface area (Å²) in [6.07, 6.45) is 0. The molecule has 0 unspecified atom stereocenters. The Morgan fingerprint density at radius 3 is 2.79 bits per heavy atom. The number of rotatable bonds is 2. The SMILES string of the molecule is O=S(=O)([O-])Cn1nnc2ccccc21. The second-order valence-electron chi connectivity index (χ2n) is 2.76. The molecule has 0 saturated heterocycles. The molecule has 0 aliphatic rings. The van der Waals surface area contributed by atoms with Crippen LogP contribution in [0.4, 0.5) is 0 Å². The lowest BCUT2D eigenvalue weighted by Crippen LogP contribution is -2.10. The molecule has 0 aliphatic carbocycles. The molecule has 0 N–H and O–H groups in total. The summed E-state index contributed by atoms with van der Waals surface area (Å²) in [6.45, 7) is 0. The Morgan fingerprint density at radius 2 is 2.07 bits per heavy atom. The molecule has 0 fully saturated rings. The predicted molar refractivity (Wildman–Crippen MR) is 47.2 cm³/mol. The van der Waals surface area contributed by atoms with Gasteiger partial charge in [0.25, 0.3) is 0 Å². The third-order valence-corrected chi connectivity index (χ3v) is 2.26. The number of para-hydroxylation sites is 1. The second-order valence-corrected chi connectivity index (χ2v) is 4.14. The number of nitrogens with zero attached hydrogens (tertiary/aromatic N) is 3. The smallest absolute Gasteiger partial charge is 0.133 e. The highest BCUT2D eigenvalue weighted by atomic mass is 32.2. The predicted octanol–water partition coefficient (Wildman–Crippen LogP) is -0.0660. The molecular formula is C7H6N3O3S-. The second kappa shape index (κ2) is 3.03. The van der Waals surface area contributed by atoms with E-state index in [-0.39, 0.29) is 0 Å². The minimum atomic E-state index is -4.33. The summed E-state index contributed by atoms with van der Waals surface area (Å²) in [4.78, 5) is 0. The van der Waals surface area contributed by atoms with Crippen LogP contribution in [0.3, 0.4) is 0 Å². The van der Waals surface area contributed by atoms with E-state index in [4.69, 9.17) is 0 Å². The summed E-state index contributed by atoms with van der Waals surface area (Å²) in [5.74, 6) is -0.687. The van der Waals surface area contributed by atoms with Gasteiger partial charge in [0.15, 0.2) is 0 Å². The summed E-state index contributed by atoms with van der Waals surface area (Å²) >= 11 is 0. The van der Waals surface area contributed by atoms with Gasteiger partial charge in [-0.05, 0) is 12.1 Å². The van der Waals surface area contributed by atoms with Gasteiger partial charge in [0.2, 0.25) is 0 Å². The van der Waals surface area contributed by atoms with Crippen LogP contribution >= 0.6 is 0 Å². The molecule has 14 heavy (non-hydrogen) atoms. The van der Waals surface area contributed by atoms with E-state index in [9.17, 15) is 13.0 Å². The summed E-state index contributed by atoms with van der Waals surface area (Å²) in [5.41, 5.74) is 1.10. The van der Waals surface area contributed by atoms with Gasteiger partial charge in [0.05, 0.1) is 5.52 Å². The Labute approximate surface area is 79.9 Å². The average molecular weight is 212 g/mol. The van der Waals surface area contributed by atoms with Crippen LogP contribution in [0.5, 0.6) is 0 Å². The van der Waals surface area contributed by atoms with E-state index >= 15 is 0 Å². The first kappa shape index (κ1) is 9.10.